The van der Waals surface area contributed by atoms with Crippen LogP contribution in [-0.4, -0.2) is 22.1 Å². The summed E-state index contributed by atoms with van der Waals surface area (Å²) in [6.07, 6.45) is 5.91. The summed E-state index contributed by atoms with van der Waals surface area (Å²) in [5.74, 6) is 1.03. The molecule has 1 fully saturated rings. The van der Waals surface area contributed by atoms with E-state index in [0.29, 0.717) is 18.2 Å². The Bertz CT molecular complexity index is 554. The van der Waals surface area contributed by atoms with Gasteiger partial charge in [0, 0.05) is 11.0 Å². The lowest BCUT2D eigenvalue weighted by atomic mass is 10.1. The van der Waals surface area contributed by atoms with Crippen LogP contribution in [0.15, 0.2) is 27.6 Å². The molecule has 0 saturated heterocycles. The van der Waals surface area contributed by atoms with E-state index in [1.807, 2.05) is 0 Å². The first kappa shape index (κ1) is 15.8. The Morgan fingerprint density at radius 3 is 2.70 bits per heavy atom. The Morgan fingerprint density at radius 2 is 2.05 bits per heavy atom. The van der Waals surface area contributed by atoms with Gasteiger partial charge in [0.05, 0.1) is 7.11 Å². The van der Waals surface area contributed by atoms with Gasteiger partial charge in [-0.2, -0.15) is 0 Å². The van der Waals surface area contributed by atoms with Gasteiger partial charge in [-0.05, 0) is 30.5 Å². The molecule has 0 bridgehead atoms. The number of sulfonamides is 1. The third-order valence-electron chi connectivity index (χ3n) is 3.73. The molecule has 0 unspecified atom stereocenters. The fourth-order valence-electron chi connectivity index (χ4n) is 2.63. The summed E-state index contributed by atoms with van der Waals surface area (Å²) in [6, 6.07) is 4.97. The Balaban J connectivity index is 2.03. The van der Waals surface area contributed by atoms with Gasteiger partial charge in [-0.3, -0.25) is 0 Å². The van der Waals surface area contributed by atoms with Crippen LogP contribution in [0.3, 0.4) is 0 Å². The summed E-state index contributed by atoms with van der Waals surface area (Å²) in [6.45, 7) is 0.489. The second-order valence-electron chi connectivity index (χ2n) is 5.13. The van der Waals surface area contributed by atoms with E-state index in [0.717, 1.165) is 10.9 Å². The highest BCUT2D eigenvalue weighted by molar-refractivity contribution is 9.10. The number of benzene rings is 1. The van der Waals surface area contributed by atoms with Crippen molar-refractivity contribution in [1.29, 1.82) is 0 Å². The first-order chi connectivity index (χ1) is 9.53. The molecule has 0 radical (unpaired) electrons. The van der Waals surface area contributed by atoms with Crippen LogP contribution < -0.4 is 9.46 Å². The largest absolute Gasteiger partial charge is 0.495 e. The minimum atomic E-state index is -3.52. The van der Waals surface area contributed by atoms with Crippen molar-refractivity contribution < 1.29 is 13.2 Å². The van der Waals surface area contributed by atoms with E-state index in [9.17, 15) is 8.42 Å². The second kappa shape index (κ2) is 6.91. The van der Waals surface area contributed by atoms with Crippen molar-refractivity contribution in [3.8, 4) is 5.75 Å². The number of halogens is 1. The predicted octanol–water partition coefficient (Wildman–Crippen LogP) is 3.32. The molecule has 20 heavy (non-hydrogen) atoms. The average molecular weight is 362 g/mol. The maximum Gasteiger partial charge on any atom is 0.244 e. The zero-order valence-electron chi connectivity index (χ0n) is 11.6. The van der Waals surface area contributed by atoms with Crippen molar-refractivity contribution in [1.82, 2.24) is 4.72 Å². The zero-order valence-corrected chi connectivity index (χ0v) is 14.0. The molecule has 1 saturated carbocycles. The monoisotopic (exact) mass is 361 g/mol. The summed E-state index contributed by atoms with van der Waals surface area (Å²) < 4.78 is 33.2. The summed E-state index contributed by atoms with van der Waals surface area (Å²) in [7, 11) is -2.05. The molecular weight excluding hydrogens is 342 g/mol. The fourth-order valence-corrected chi connectivity index (χ4v) is 4.39. The molecule has 0 heterocycles. The Hall–Kier alpha value is -0.590. The molecule has 1 aromatic rings. The lowest BCUT2D eigenvalue weighted by Gasteiger charge is -2.13. The highest BCUT2D eigenvalue weighted by Gasteiger charge is 2.21. The molecule has 1 aliphatic carbocycles. The summed E-state index contributed by atoms with van der Waals surface area (Å²) in [5, 5.41) is 0. The van der Waals surface area contributed by atoms with Gasteiger partial charge < -0.3 is 4.74 Å². The topological polar surface area (TPSA) is 55.4 Å². The minimum Gasteiger partial charge on any atom is -0.495 e. The van der Waals surface area contributed by atoms with Crippen molar-refractivity contribution in [3.63, 3.8) is 0 Å². The molecule has 0 aromatic heterocycles. The second-order valence-corrected chi connectivity index (χ2v) is 7.78. The number of hydrogen-bond donors (Lipinski definition) is 1. The van der Waals surface area contributed by atoms with Crippen LogP contribution in [0.5, 0.6) is 5.75 Å². The van der Waals surface area contributed by atoms with Crippen molar-refractivity contribution >= 4 is 26.0 Å². The van der Waals surface area contributed by atoms with Gasteiger partial charge in [-0.15, -0.1) is 0 Å². The van der Waals surface area contributed by atoms with E-state index in [2.05, 4.69) is 20.7 Å². The van der Waals surface area contributed by atoms with Gasteiger partial charge in [0.25, 0.3) is 0 Å². The SMILES string of the molecule is COc1ccc(Br)cc1S(=O)(=O)NCCC1CCCC1. The molecule has 1 aromatic carbocycles. The van der Waals surface area contributed by atoms with Crippen molar-refractivity contribution in [3.05, 3.63) is 22.7 Å². The normalized spacial score (nSPS) is 16.5. The smallest absolute Gasteiger partial charge is 0.244 e. The standard InChI is InChI=1S/C14H20BrNO3S/c1-19-13-7-6-12(15)10-14(13)20(17,18)16-9-8-11-4-2-3-5-11/h6-7,10-11,16H,2-5,8-9H2,1H3. The van der Waals surface area contributed by atoms with Crippen LogP contribution in [0.25, 0.3) is 0 Å². The number of methoxy groups -OCH3 is 1. The van der Waals surface area contributed by atoms with Crippen molar-refractivity contribution in [2.45, 2.75) is 37.0 Å². The van der Waals surface area contributed by atoms with E-state index in [-0.39, 0.29) is 4.90 Å². The molecule has 0 amide bonds. The quantitative estimate of drug-likeness (QED) is 0.845. The highest BCUT2D eigenvalue weighted by Crippen LogP contribution is 2.29. The highest BCUT2D eigenvalue weighted by atomic mass is 79.9. The molecule has 0 spiro atoms. The Morgan fingerprint density at radius 1 is 1.35 bits per heavy atom. The first-order valence-corrected chi connectivity index (χ1v) is 9.14. The molecule has 112 valence electrons. The number of ether oxygens (including phenoxy) is 1. The van der Waals surface area contributed by atoms with Gasteiger partial charge >= 0.3 is 0 Å². The first-order valence-electron chi connectivity index (χ1n) is 6.86. The number of rotatable bonds is 6. The van der Waals surface area contributed by atoms with Crippen LogP contribution in [0.2, 0.25) is 0 Å². The van der Waals surface area contributed by atoms with Crippen LogP contribution in [-0.2, 0) is 10.0 Å². The number of hydrogen-bond acceptors (Lipinski definition) is 3. The van der Waals surface area contributed by atoms with Gasteiger partial charge in [-0.25, -0.2) is 13.1 Å². The Kier molecular flexibility index (Phi) is 5.46. The summed E-state index contributed by atoms with van der Waals surface area (Å²) in [4.78, 5) is 0.181. The van der Waals surface area contributed by atoms with Crippen LogP contribution in [0, 0.1) is 5.92 Å². The molecule has 6 heteroatoms. The van der Waals surface area contributed by atoms with Gasteiger partial charge in [0.2, 0.25) is 10.0 Å². The summed E-state index contributed by atoms with van der Waals surface area (Å²) in [5.41, 5.74) is 0. The minimum absolute atomic E-state index is 0.181. The summed E-state index contributed by atoms with van der Waals surface area (Å²) >= 11 is 3.29. The van der Waals surface area contributed by atoms with Gasteiger partial charge in [0.15, 0.2) is 0 Å². The molecule has 1 N–H and O–H groups in total. The van der Waals surface area contributed by atoms with E-state index >= 15 is 0 Å². The third kappa shape index (κ3) is 3.96. The molecule has 2 rings (SSSR count). The third-order valence-corrected chi connectivity index (χ3v) is 5.71. The van der Waals surface area contributed by atoms with Gasteiger partial charge in [-0.1, -0.05) is 41.6 Å². The zero-order chi connectivity index (χ0) is 14.6. The van der Waals surface area contributed by atoms with E-state index in [1.165, 1.54) is 32.8 Å². The molecule has 0 aliphatic heterocycles. The van der Waals surface area contributed by atoms with E-state index < -0.39 is 10.0 Å². The average Bonchev–Trinajstić information content (AvgIpc) is 2.91. The lowest BCUT2D eigenvalue weighted by Crippen LogP contribution is -2.26. The predicted molar refractivity (Wildman–Crippen MR) is 82.5 cm³/mol. The lowest BCUT2D eigenvalue weighted by molar-refractivity contribution is 0.402. The maximum absolute atomic E-state index is 12.3. The van der Waals surface area contributed by atoms with Gasteiger partial charge in [0.1, 0.15) is 10.6 Å². The van der Waals surface area contributed by atoms with Crippen LogP contribution in [0.1, 0.15) is 32.1 Å². The van der Waals surface area contributed by atoms with Crippen LogP contribution >= 0.6 is 15.9 Å². The Labute approximate surface area is 129 Å². The molecule has 0 atom stereocenters. The number of nitrogens with one attached hydrogen (secondary N) is 1. The molecule has 1 aliphatic rings. The van der Waals surface area contributed by atoms with E-state index in [4.69, 9.17) is 4.74 Å². The molecular formula is C14H20BrNO3S. The molecule has 4 nitrogen and oxygen atoms in total. The van der Waals surface area contributed by atoms with E-state index in [1.54, 1.807) is 18.2 Å². The maximum atomic E-state index is 12.3. The van der Waals surface area contributed by atoms with Crippen molar-refractivity contribution in [2.24, 2.45) is 5.92 Å². The van der Waals surface area contributed by atoms with Crippen LogP contribution in [0.4, 0.5) is 0 Å². The van der Waals surface area contributed by atoms with Crippen molar-refractivity contribution in [2.75, 3.05) is 13.7 Å². The fraction of sp³-hybridized carbons (Fsp3) is 0.571.